The molecule has 0 spiro atoms. The summed E-state index contributed by atoms with van der Waals surface area (Å²) in [6.45, 7) is 2.23. The molecule has 7 heteroatoms. The van der Waals surface area contributed by atoms with Crippen molar-refractivity contribution in [3.8, 4) is 5.75 Å². The quantitative estimate of drug-likeness (QED) is 0.155. The zero-order chi connectivity index (χ0) is 19.3. The summed E-state index contributed by atoms with van der Waals surface area (Å²) in [7, 11) is -4.47. The third kappa shape index (κ3) is 13.4. The smallest absolute Gasteiger partial charge is 0.744 e. The summed E-state index contributed by atoms with van der Waals surface area (Å²) in [5.41, 5.74) is 0. The van der Waals surface area contributed by atoms with Crippen molar-refractivity contribution >= 4 is 16.1 Å². The first-order valence-electron chi connectivity index (χ1n) is 9.70. The van der Waals surface area contributed by atoms with Gasteiger partial charge in [-0.25, -0.2) is 8.42 Å². The van der Waals surface area contributed by atoms with Crippen LogP contribution in [0.3, 0.4) is 0 Å². The molecule has 0 aromatic heterocycles. The minimum atomic E-state index is -4.47. The van der Waals surface area contributed by atoms with Crippen LogP contribution in [0, 0.1) is 0 Å². The van der Waals surface area contributed by atoms with E-state index in [2.05, 4.69) is 6.92 Å². The Morgan fingerprint density at radius 2 is 1.30 bits per heavy atom. The molecule has 148 valence electrons. The summed E-state index contributed by atoms with van der Waals surface area (Å²) < 4.78 is 37.6. The van der Waals surface area contributed by atoms with Crippen molar-refractivity contribution in [2.75, 3.05) is 0 Å². The maximum Gasteiger partial charge on any atom is 1.00 e. The Morgan fingerprint density at radius 1 is 0.852 bits per heavy atom. The van der Waals surface area contributed by atoms with E-state index in [0.717, 1.165) is 31.4 Å². The van der Waals surface area contributed by atoms with Gasteiger partial charge in [-0.15, -0.1) is 0 Å². The Bertz CT molecular complexity index is 614. The minimum absolute atomic E-state index is 0. The summed E-state index contributed by atoms with van der Waals surface area (Å²) in [5, 5.41) is 0. The van der Waals surface area contributed by atoms with Gasteiger partial charge in [0, 0.05) is 6.42 Å². The van der Waals surface area contributed by atoms with E-state index in [9.17, 15) is 17.8 Å². The van der Waals surface area contributed by atoms with Gasteiger partial charge < -0.3 is 9.29 Å². The van der Waals surface area contributed by atoms with Gasteiger partial charge in [-0.05, 0) is 30.7 Å². The predicted octanol–water partition coefficient (Wildman–Crippen LogP) is 2.20. The average molecular weight is 407 g/mol. The first-order chi connectivity index (χ1) is 12.4. The number of unbranched alkanes of at least 4 members (excludes halogenated alkanes) is 10. The Labute approximate surface area is 186 Å². The van der Waals surface area contributed by atoms with E-state index in [1.807, 2.05) is 0 Å². The summed E-state index contributed by atoms with van der Waals surface area (Å²) >= 11 is 0. The third-order valence-corrected chi connectivity index (χ3v) is 5.18. The van der Waals surface area contributed by atoms with Gasteiger partial charge in [0.1, 0.15) is 15.9 Å². The van der Waals surface area contributed by atoms with Crippen LogP contribution in [0.2, 0.25) is 0 Å². The molecule has 0 radical (unpaired) electrons. The topological polar surface area (TPSA) is 83.5 Å². The van der Waals surface area contributed by atoms with E-state index < -0.39 is 10.1 Å². The standard InChI is InChI=1S/C20H32O5S.Na/c1-2-3-4-5-6-7-8-9-10-11-12-13-20(21)25-18-14-16-19(17-15-18)26(22,23)24;/h14-17H,2-13H2,1H3,(H,22,23,24);/q;+1/p-1. The predicted molar refractivity (Wildman–Crippen MR) is 101 cm³/mol. The second-order valence-corrected chi connectivity index (χ2v) is 8.06. The molecule has 0 bridgehead atoms. The number of hydrogen-bond donors (Lipinski definition) is 0. The van der Waals surface area contributed by atoms with Crippen LogP contribution in [-0.2, 0) is 14.9 Å². The summed E-state index contributed by atoms with van der Waals surface area (Å²) in [5.74, 6) is -0.0795. The zero-order valence-electron chi connectivity index (χ0n) is 16.7. The van der Waals surface area contributed by atoms with Gasteiger partial charge in [-0.2, -0.15) is 0 Å². The number of hydrogen-bond acceptors (Lipinski definition) is 5. The summed E-state index contributed by atoms with van der Waals surface area (Å²) in [6.07, 6.45) is 13.7. The molecular weight excluding hydrogens is 375 g/mol. The monoisotopic (exact) mass is 406 g/mol. The number of ether oxygens (including phenoxy) is 1. The fourth-order valence-corrected chi connectivity index (χ4v) is 3.26. The first-order valence-corrected chi connectivity index (χ1v) is 11.1. The molecular formula is C20H31NaO5S. The number of benzene rings is 1. The molecule has 0 amide bonds. The van der Waals surface area contributed by atoms with Crippen molar-refractivity contribution in [3.63, 3.8) is 0 Å². The van der Waals surface area contributed by atoms with Crippen LogP contribution in [0.4, 0.5) is 0 Å². The van der Waals surface area contributed by atoms with Crippen LogP contribution in [0.15, 0.2) is 29.2 Å². The van der Waals surface area contributed by atoms with Crippen molar-refractivity contribution in [1.82, 2.24) is 0 Å². The van der Waals surface area contributed by atoms with Crippen LogP contribution < -0.4 is 34.3 Å². The molecule has 0 heterocycles. The van der Waals surface area contributed by atoms with E-state index >= 15 is 0 Å². The fraction of sp³-hybridized carbons (Fsp3) is 0.650. The van der Waals surface area contributed by atoms with Crippen LogP contribution in [0.1, 0.15) is 84.0 Å². The van der Waals surface area contributed by atoms with Crippen LogP contribution in [-0.4, -0.2) is 18.9 Å². The molecule has 0 fully saturated rings. The molecule has 1 aromatic carbocycles. The Hall–Kier alpha value is -0.400. The number of rotatable bonds is 14. The normalized spacial score (nSPS) is 11.0. The molecule has 27 heavy (non-hydrogen) atoms. The van der Waals surface area contributed by atoms with Crippen LogP contribution >= 0.6 is 0 Å². The van der Waals surface area contributed by atoms with E-state index in [0.29, 0.717) is 6.42 Å². The molecule has 5 nitrogen and oxygen atoms in total. The van der Waals surface area contributed by atoms with Gasteiger partial charge in [0.25, 0.3) is 0 Å². The second-order valence-electron chi connectivity index (χ2n) is 6.69. The third-order valence-electron chi connectivity index (χ3n) is 4.33. The molecule has 0 unspecified atom stereocenters. The van der Waals surface area contributed by atoms with Gasteiger partial charge in [-0.3, -0.25) is 4.79 Å². The molecule has 0 aliphatic rings. The zero-order valence-corrected chi connectivity index (χ0v) is 19.6. The maximum atomic E-state index is 11.8. The fourth-order valence-electron chi connectivity index (χ4n) is 2.79. The number of esters is 1. The van der Waals surface area contributed by atoms with E-state index in [4.69, 9.17) is 4.74 Å². The summed E-state index contributed by atoms with van der Waals surface area (Å²) in [4.78, 5) is 11.4. The van der Waals surface area contributed by atoms with E-state index in [-0.39, 0.29) is 46.2 Å². The SMILES string of the molecule is CCCCCCCCCCCCCC(=O)Oc1ccc(S(=O)(=O)[O-])cc1.[Na+]. The second kappa shape index (κ2) is 15.5. The minimum Gasteiger partial charge on any atom is -0.744 e. The van der Waals surface area contributed by atoms with Crippen LogP contribution in [0.5, 0.6) is 5.75 Å². The van der Waals surface area contributed by atoms with Gasteiger partial charge in [0.05, 0.1) is 4.90 Å². The van der Waals surface area contributed by atoms with Gasteiger partial charge in [0.15, 0.2) is 0 Å². The van der Waals surface area contributed by atoms with Crippen molar-refractivity contribution < 1.29 is 52.1 Å². The van der Waals surface area contributed by atoms with E-state index in [1.165, 1.54) is 63.5 Å². The Kier molecular flexibility index (Phi) is 15.3. The van der Waals surface area contributed by atoms with Gasteiger partial charge in [-0.1, -0.05) is 71.1 Å². The van der Waals surface area contributed by atoms with Gasteiger partial charge >= 0.3 is 35.5 Å². The van der Waals surface area contributed by atoms with Crippen LogP contribution in [0.25, 0.3) is 0 Å². The van der Waals surface area contributed by atoms with E-state index in [1.54, 1.807) is 0 Å². The van der Waals surface area contributed by atoms with Gasteiger partial charge in [0.2, 0.25) is 0 Å². The molecule has 0 N–H and O–H groups in total. The first kappa shape index (κ1) is 26.6. The molecule has 0 aliphatic heterocycles. The molecule has 1 rings (SSSR count). The van der Waals surface area contributed by atoms with Crippen molar-refractivity contribution in [2.24, 2.45) is 0 Å². The maximum absolute atomic E-state index is 11.8. The Morgan fingerprint density at radius 3 is 1.74 bits per heavy atom. The molecule has 0 aliphatic carbocycles. The molecule has 0 atom stereocenters. The molecule has 0 saturated heterocycles. The molecule has 1 aromatic rings. The average Bonchev–Trinajstić information content (AvgIpc) is 2.59. The summed E-state index contributed by atoms with van der Waals surface area (Å²) in [6, 6.07) is 4.94. The largest absolute Gasteiger partial charge is 1.00 e. The Balaban J connectivity index is 0.00000676. The number of carbonyl (C=O) groups is 1. The van der Waals surface area contributed by atoms with Crippen molar-refractivity contribution in [2.45, 2.75) is 88.9 Å². The van der Waals surface area contributed by atoms with Crippen molar-refractivity contribution in [3.05, 3.63) is 24.3 Å². The van der Waals surface area contributed by atoms with Crippen molar-refractivity contribution in [1.29, 1.82) is 0 Å². The number of carbonyl (C=O) groups excluding carboxylic acids is 1. The molecule has 0 saturated carbocycles.